The average molecular weight is 277 g/mol. The summed E-state index contributed by atoms with van der Waals surface area (Å²) in [5.74, 6) is -0.0111. The van der Waals surface area contributed by atoms with Gasteiger partial charge in [-0.1, -0.05) is 32.8 Å². The predicted molar refractivity (Wildman–Crippen MR) is 78.2 cm³/mol. The lowest BCUT2D eigenvalue weighted by Crippen LogP contribution is -2.46. The van der Waals surface area contributed by atoms with E-state index < -0.39 is 0 Å². The van der Waals surface area contributed by atoms with E-state index >= 15 is 0 Å². The van der Waals surface area contributed by atoms with Crippen LogP contribution >= 0.6 is 0 Å². The van der Waals surface area contributed by atoms with E-state index in [4.69, 9.17) is 4.74 Å². The third-order valence-electron chi connectivity index (χ3n) is 4.28. The van der Waals surface area contributed by atoms with E-state index in [0.29, 0.717) is 5.75 Å². The van der Waals surface area contributed by atoms with Crippen molar-refractivity contribution >= 4 is 5.91 Å². The molecule has 0 heterocycles. The molecule has 0 radical (unpaired) electrons. The van der Waals surface area contributed by atoms with Crippen LogP contribution in [-0.2, 0) is 0 Å². The number of para-hydroxylation sites is 1. The number of methoxy groups -OCH3 is 1. The zero-order chi connectivity index (χ0) is 14.8. The van der Waals surface area contributed by atoms with Crippen LogP contribution in [0.2, 0.25) is 0 Å². The first-order chi connectivity index (χ1) is 9.45. The molecule has 1 aromatic rings. The molecule has 4 nitrogen and oxygen atoms in total. The lowest BCUT2D eigenvalue weighted by atomic mass is 9.73. The smallest absolute Gasteiger partial charge is 0.255 e. The van der Waals surface area contributed by atoms with E-state index in [9.17, 15) is 9.90 Å². The fourth-order valence-electron chi connectivity index (χ4n) is 2.87. The van der Waals surface area contributed by atoms with Crippen LogP contribution in [-0.4, -0.2) is 24.2 Å². The molecular formula is C16H23NO3. The number of ether oxygens (including phenoxy) is 1. The Labute approximate surface area is 120 Å². The third-order valence-corrected chi connectivity index (χ3v) is 4.28. The molecule has 2 rings (SSSR count). The summed E-state index contributed by atoms with van der Waals surface area (Å²) in [5, 5.41) is 13.1. The van der Waals surface area contributed by atoms with Gasteiger partial charge in [-0.3, -0.25) is 4.79 Å². The normalized spacial score (nSPS) is 21.2. The van der Waals surface area contributed by atoms with E-state index in [0.717, 1.165) is 19.3 Å². The number of phenols is 1. The second-order valence-electron chi connectivity index (χ2n) is 6.12. The molecule has 0 aliphatic heterocycles. The van der Waals surface area contributed by atoms with Gasteiger partial charge < -0.3 is 15.2 Å². The largest absolute Gasteiger partial charge is 0.504 e. The standard InChI is InChI=1S/C16H23NO3/c1-16(2)10-5-4-9-13(16)17-15(19)11-7-6-8-12(20-3)14(11)18/h6-8,13,18H,4-5,9-10H2,1-3H3,(H,17,19). The van der Waals surface area contributed by atoms with Crippen molar-refractivity contribution in [3.05, 3.63) is 23.8 Å². The Kier molecular flexibility index (Phi) is 4.21. The summed E-state index contributed by atoms with van der Waals surface area (Å²) in [5.41, 5.74) is 0.369. The zero-order valence-electron chi connectivity index (χ0n) is 12.4. The zero-order valence-corrected chi connectivity index (χ0v) is 12.4. The molecule has 1 aromatic carbocycles. The molecule has 0 bridgehead atoms. The van der Waals surface area contributed by atoms with Crippen molar-refractivity contribution in [2.45, 2.75) is 45.6 Å². The highest BCUT2D eigenvalue weighted by molar-refractivity contribution is 5.97. The monoisotopic (exact) mass is 277 g/mol. The number of phenolic OH excluding ortho intramolecular Hbond substituents is 1. The highest BCUT2D eigenvalue weighted by Crippen LogP contribution is 2.36. The van der Waals surface area contributed by atoms with Crippen molar-refractivity contribution in [2.24, 2.45) is 5.41 Å². The molecule has 1 unspecified atom stereocenters. The maximum absolute atomic E-state index is 12.4. The minimum absolute atomic E-state index is 0.0962. The first-order valence-electron chi connectivity index (χ1n) is 7.12. The minimum atomic E-state index is -0.235. The maximum atomic E-state index is 12.4. The van der Waals surface area contributed by atoms with Gasteiger partial charge >= 0.3 is 0 Å². The summed E-state index contributed by atoms with van der Waals surface area (Å²) in [4.78, 5) is 12.4. The molecule has 20 heavy (non-hydrogen) atoms. The van der Waals surface area contributed by atoms with Crippen LogP contribution in [0, 0.1) is 5.41 Å². The molecule has 1 amide bonds. The average Bonchev–Trinajstić information content (AvgIpc) is 2.41. The molecular weight excluding hydrogens is 254 g/mol. The van der Waals surface area contributed by atoms with Gasteiger partial charge in [0, 0.05) is 6.04 Å². The van der Waals surface area contributed by atoms with Crippen LogP contribution in [0.1, 0.15) is 49.9 Å². The molecule has 1 aliphatic rings. The van der Waals surface area contributed by atoms with Gasteiger partial charge in [-0.25, -0.2) is 0 Å². The highest BCUT2D eigenvalue weighted by Gasteiger charge is 2.33. The second kappa shape index (κ2) is 5.73. The maximum Gasteiger partial charge on any atom is 0.255 e. The molecule has 0 saturated heterocycles. The number of aromatic hydroxyl groups is 1. The number of hydrogen-bond donors (Lipinski definition) is 2. The van der Waals surface area contributed by atoms with E-state index in [1.54, 1.807) is 18.2 Å². The van der Waals surface area contributed by atoms with Crippen LogP contribution < -0.4 is 10.1 Å². The molecule has 1 fully saturated rings. The Bertz CT molecular complexity index is 496. The lowest BCUT2D eigenvalue weighted by Gasteiger charge is -2.39. The number of carbonyl (C=O) groups is 1. The Hall–Kier alpha value is -1.71. The van der Waals surface area contributed by atoms with Gasteiger partial charge in [-0.15, -0.1) is 0 Å². The summed E-state index contributed by atoms with van der Waals surface area (Å²) in [6.45, 7) is 4.37. The number of nitrogens with one attached hydrogen (secondary N) is 1. The van der Waals surface area contributed by atoms with Crippen LogP contribution in [0.15, 0.2) is 18.2 Å². The topological polar surface area (TPSA) is 58.6 Å². The highest BCUT2D eigenvalue weighted by atomic mass is 16.5. The molecule has 1 aliphatic carbocycles. The minimum Gasteiger partial charge on any atom is -0.504 e. The summed E-state index contributed by atoms with van der Waals surface area (Å²) in [6.07, 6.45) is 4.45. The van der Waals surface area contributed by atoms with Crippen molar-refractivity contribution in [3.8, 4) is 11.5 Å². The predicted octanol–water partition coefficient (Wildman–Crippen LogP) is 3.10. The number of carbonyl (C=O) groups excluding carboxylic acids is 1. The fourth-order valence-corrected chi connectivity index (χ4v) is 2.87. The van der Waals surface area contributed by atoms with E-state index in [2.05, 4.69) is 19.2 Å². The van der Waals surface area contributed by atoms with Gasteiger partial charge in [-0.2, -0.15) is 0 Å². The Morgan fingerprint density at radius 1 is 1.40 bits per heavy atom. The Balaban J connectivity index is 2.16. The van der Waals surface area contributed by atoms with Crippen LogP contribution in [0.5, 0.6) is 11.5 Å². The van der Waals surface area contributed by atoms with Crippen LogP contribution in [0.25, 0.3) is 0 Å². The number of benzene rings is 1. The molecule has 0 spiro atoms. The quantitative estimate of drug-likeness (QED) is 0.892. The summed E-state index contributed by atoms with van der Waals surface area (Å²) >= 11 is 0. The third kappa shape index (κ3) is 2.89. The van der Waals surface area contributed by atoms with Gasteiger partial charge in [0.25, 0.3) is 5.91 Å². The van der Waals surface area contributed by atoms with Crippen molar-refractivity contribution < 1.29 is 14.6 Å². The first kappa shape index (κ1) is 14.7. The number of amides is 1. The number of rotatable bonds is 3. The first-order valence-corrected chi connectivity index (χ1v) is 7.12. The van der Waals surface area contributed by atoms with E-state index in [1.807, 2.05) is 0 Å². The SMILES string of the molecule is COc1cccc(C(=O)NC2CCCCC2(C)C)c1O. The van der Waals surface area contributed by atoms with Gasteiger partial charge in [-0.05, 0) is 30.4 Å². The summed E-state index contributed by atoms with van der Waals surface area (Å²) in [6, 6.07) is 5.11. The van der Waals surface area contributed by atoms with Crippen molar-refractivity contribution in [2.75, 3.05) is 7.11 Å². The summed E-state index contributed by atoms with van der Waals surface area (Å²) in [7, 11) is 1.47. The fraction of sp³-hybridized carbons (Fsp3) is 0.562. The van der Waals surface area contributed by atoms with Gasteiger partial charge in [0.15, 0.2) is 11.5 Å². The van der Waals surface area contributed by atoms with Gasteiger partial charge in [0.2, 0.25) is 0 Å². The second-order valence-corrected chi connectivity index (χ2v) is 6.12. The van der Waals surface area contributed by atoms with Crippen molar-refractivity contribution in [1.82, 2.24) is 5.32 Å². The Morgan fingerprint density at radius 3 is 2.80 bits per heavy atom. The lowest BCUT2D eigenvalue weighted by molar-refractivity contribution is 0.0850. The Morgan fingerprint density at radius 2 is 2.15 bits per heavy atom. The molecule has 1 atom stereocenters. The number of hydrogen-bond acceptors (Lipinski definition) is 3. The van der Waals surface area contributed by atoms with E-state index in [1.165, 1.54) is 13.5 Å². The molecule has 2 N–H and O–H groups in total. The van der Waals surface area contributed by atoms with E-state index in [-0.39, 0.29) is 28.7 Å². The van der Waals surface area contributed by atoms with Crippen molar-refractivity contribution in [1.29, 1.82) is 0 Å². The van der Waals surface area contributed by atoms with Crippen LogP contribution in [0.3, 0.4) is 0 Å². The molecule has 110 valence electrons. The summed E-state index contributed by atoms with van der Waals surface area (Å²) < 4.78 is 5.04. The molecule has 0 aromatic heterocycles. The van der Waals surface area contributed by atoms with Gasteiger partial charge in [0.05, 0.1) is 12.7 Å². The van der Waals surface area contributed by atoms with Crippen molar-refractivity contribution in [3.63, 3.8) is 0 Å². The van der Waals surface area contributed by atoms with Gasteiger partial charge in [0.1, 0.15) is 0 Å². The molecule has 4 heteroatoms. The van der Waals surface area contributed by atoms with Crippen LogP contribution in [0.4, 0.5) is 0 Å². The molecule has 1 saturated carbocycles.